The average Bonchev–Trinajstić information content (AvgIpc) is 2.80. The number of benzene rings is 1. The zero-order chi connectivity index (χ0) is 14.8. The highest BCUT2D eigenvalue weighted by molar-refractivity contribution is 6.42. The quantitative estimate of drug-likeness (QED) is 0.889. The third-order valence-electron chi connectivity index (χ3n) is 2.57. The Morgan fingerprint density at radius 3 is 2.70 bits per heavy atom. The number of aliphatic hydroxyl groups is 1. The lowest BCUT2D eigenvalue weighted by Crippen LogP contribution is -2.34. The van der Waals surface area contributed by atoms with E-state index in [0.717, 1.165) is 11.4 Å². The number of hydrogen-bond donors (Lipinski definition) is 2. The molecule has 0 spiro atoms. The van der Waals surface area contributed by atoms with Gasteiger partial charge in [-0.15, -0.1) is 5.10 Å². The molecule has 0 unspecified atom stereocenters. The second-order valence-corrected chi connectivity index (χ2v) is 5.98. The van der Waals surface area contributed by atoms with E-state index < -0.39 is 5.60 Å². The summed E-state index contributed by atoms with van der Waals surface area (Å²) in [5.41, 5.74) is 0.820. The van der Waals surface area contributed by atoms with Gasteiger partial charge in [0.15, 0.2) is 0 Å². The fourth-order valence-electron chi connectivity index (χ4n) is 1.63. The molecule has 0 atom stereocenters. The van der Waals surface area contributed by atoms with Gasteiger partial charge in [-0.2, -0.15) is 0 Å². The predicted molar refractivity (Wildman–Crippen MR) is 79.4 cm³/mol. The molecule has 0 aliphatic heterocycles. The number of nitrogens with zero attached hydrogens (tertiary/aromatic N) is 3. The lowest BCUT2D eigenvalue weighted by Gasteiger charge is -2.16. The van der Waals surface area contributed by atoms with Crippen LogP contribution in [0.25, 0.3) is 5.69 Å². The molecule has 1 heterocycles. The molecule has 0 fully saturated rings. The highest BCUT2D eigenvalue weighted by atomic mass is 35.5. The van der Waals surface area contributed by atoms with Crippen LogP contribution in [0.2, 0.25) is 10.0 Å². The number of rotatable bonds is 5. The standard InChI is InChI=1S/C13H16Cl2N4O/c1-13(2,20)8-16-6-9-7-19(18-17-9)10-3-4-11(14)12(15)5-10/h3-5,7,16,20H,6,8H2,1-2H3. The molecule has 0 saturated heterocycles. The van der Waals surface area contributed by atoms with Gasteiger partial charge in [0.2, 0.25) is 0 Å². The highest BCUT2D eigenvalue weighted by Gasteiger charge is 2.12. The Morgan fingerprint density at radius 2 is 2.05 bits per heavy atom. The topological polar surface area (TPSA) is 63.0 Å². The summed E-state index contributed by atoms with van der Waals surface area (Å²) >= 11 is 11.8. The zero-order valence-electron chi connectivity index (χ0n) is 11.3. The third kappa shape index (κ3) is 4.18. The molecular formula is C13H16Cl2N4O. The van der Waals surface area contributed by atoms with Crippen molar-refractivity contribution in [3.8, 4) is 5.69 Å². The first kappa shape index (κ1) is 15.3. The first-order valence-electron chi connectivity index (χ1n) is 6.15. The van der Waals surface area contributed by atoms with Crippen molar-refractivity contribution in [1.82, 2.24) is 20.3 Å². The molecule has 108 valence electrons. The lowest BCUT2D eigenvalue weighted by molar-refractivity contribution is 0.0794. The Kier molecular flexibility index (Phi) is 4.65. The van der Waals surface area contributed by atoms with E-state index in [0.29, 0.717) is 23.1 Å². The van der Waals surface area contributed by atoms with Crippen molar-refractivity contribution in [3.05, 3.63) is 40.1 Å². The molecule has 0 saturated carbocycles. The van der Waals surface area contributed by atoms with Crippen molar-refractivity contribution in [2.24, 2.45) is 0 Å². The van der Waals surface area contributed by atoms with E-state index >= 15 is 0 Å². The van der Waals surface area contributed by atoms with E-state index in [1.807, 2.05) is 6.07 Å². The van der Waals surface area contributed by atoms with Crippen LogP contribution >= 0.6 is 23.2 Å². The fourth-order valence-corrected chi connectivity index (χ4v) is 1.92. The van der Waals surface area contributed by atoms with Crippen LogP contribution in [0.15, 0.2) is 24.4 Å². The van der Waals surface area contributed by atoms with E-state index in [1.54, 1.807) is 36.9 Å². The maximum Gasteiger partial charge on any atom is 0.0969 e. The first-order chi connectivity index (χ1) is 9.35. The first-order valence-corrected chi connectivity index (χ1v) is 6.90. The van der Waals surface area contributed by atoms with Gasteiger partial charge < -0.3 is 10.4 Å². The largest absolute Gasteiger partial charge is 0.389 e. The summed E-state index contributed by atoms with van der Waals surface area (Å²) < 4.78 is 1.63. The summed E-state index contributed by atoms with van der Waals surface area (Å²) in [6.07, 6.45) is 1.80. The Bertz CT molecular complexity index is 592. The highest BCUT2D eigenvalue weighted by Crippen LogP contribution is 2.24. The van der Waals surface area contributed by atoms with Gasteiger partial charge in [-0.1, -0.05) is 28.4 Å². The van der Waals surface area contributed by atoms with Crippen LogP contribution in [-0.2, 0) is 6.54 Å². The number of aromatic nitrogens is 3. The minimum atomic E-state index is -0.750. The molecular weight excluding hydrogens is 299 g/mol. The smallest absolute Gasteiger partial charge is 0.0969 e. The molecule has 0 aliphatic carbocycles. The van der Waals surface area contributed by atoms with Crippen LogP contribution < -0.4 is 5.32 Å². The molecule has 0 radical (unpaired) electrons. The molecule has 1 aromatic carbocycles. The SMILES string of the molecule is CC(C)(O)CNCc1cn(-c2ccc(Cl)c(Cl)c2)nn1. The van der Waals surface area contributed by atoms with E-state index in [4.69, 9.17) is 23.2 Å². The van der Waals surface area contributed by atoms with Gasteiger partial charge in [-0.25, -0.2) is 4.68 Å². The van der Waals surface area contributed by atoms with Gasteiger partial charge in [-0.3, -0.25) is 0 Å². The fraction of sp³-hybridized carbons (Fsp3) is 0.385. The van der Waals surface area contributed by atoms with Gasteiger partial charge in [0.25, 0.3) is 0 Å². The van der Waals surface area contributed by atoms with Crippen molar-refractivity contribution in [2.75, 3.05) is 6.54 Å². The van der Waals surface area contributed by atoms with Gasteiger partial charge in [0, 0.05) is 13.1 Å². The number of hydrogen-bond acceptors (Lipinski definition) is 4. The minimum Gasteiger partial charge on any atom is -0.389 e. The molecule has 2 aromatic rings. The van der Waals surface area contributed by atoms with Crippen molar-refractivity contribution in [3.63, 3.8) is 0 Å². The molecule has 20 heavy (non-hydrogen) atoms. The monoisotopic (exact) mass is 314 g/mol. The summed E-state index contributed by atoms with van der Waals surface area (Å²) in [5.74, 6) is 0. The van der Waals surface area contributed by atoms with E-state index in [-0.39, 0.29) is 0 Å². The second-order valence-electron chi connectivity index (χ2n) is 5.17. The maximum absolute atomic E-state index is 9.60. The molecule has 1 aromatic heterocycles. The van der Waals surface area contributed by atoms with Crippen molar-refractivity contribution < 1.29 is 5.11 Å². The van der Waals surface area contributed by atoms with E-state index in [2.05, 4.69) is 15.6 Å². The average molecular weight is 315 g/mol. The Morgan fingerprint density at radius 1 is 1.30 bits per heavy atom. The summed E-state index contributed by atoms with van der Waals surface area (Å²) in [4.78, 5) is 0. The second kappa shape index (κ2) is 6.10. The lowest BCUT2D eigenvalue weighted by atomic mass is 10.1. The molecule has 0 amide bonds. The van der Waals surface area contributed by atoms with Crippen LogP contribution in [0.5, 0.6) is 0 Å². The molecule has 5 nitrogen and oxygen atoms in total. The number of nitrogens with one attached hydrogen (secondary N) is 1. The van der Waals surface area contributed by atoms with Gasteiger partial charge >= 0.3 is 0 Å². The minimum absolute atomic E-state index is 0.473. The maximum atomic E-state index is 9.60. The van der Waals surface area contributed by atoms with Crippen LogP contribution in [0.3, 0.4) is 0 Å². The van der Waals surface area contributed by atoms with Gasteiger partial charge in [0.1, 0.15) is 0 Å². The van der Waals surface area contributed by atoms with E-state index in [1.165, 1.54) is 0 Å². The normalized spacial score (nSPS) is 11.8. The molecule has 2 N–H and O–H groups in total. The van der Waals surface area contributed by atoms with Crippen molar-refractivity contribution >= 4 is 23.2 Å². The van der Waals surface area contributed by atoms with Crippen molar-refractivity contribution in [2.45, 2.75) is 26.0 Å². The van der Waals surface area contributed by atoms with Gasteiger partial charge in [-0.05, 0) is 32.0 Å². The summed E-state index contributed by atoms with van der Waals surface area (Å²) in [6, 6.07) is 5.26. The zero-order valence-corrected chi connectivity index (χ0v) is 12.8. The van der Waals surface area contributed by atoms with E-state index in [9.17, 15) is 5.11 Å². The molecule has 0 bridgehead atoms. The van der Waals surface area contributed by atoms with Crippen LogP contribution in [0.1, 0.15) is 19.5 Å². The Hall–Kier alpha value is -1.14. The molecule has 7 heteroatoms. The van der Waals surface area contributed by atoms with Gasteiger partial charge in [0.05, 0.1) is 33.2 Å². The van der Waals surface area contributed by atoms with Crippen LogP contribution in [0, 0.1) is 0 Å². The Labute approximate surface area is 127 Å². The van der Waals surface area contributed by atoms with Crippen molar-refractivity contribution in [1.29, 1.82) is 0 Å². The predicted octanol–water partition coefficient (Wildman–Crippen LogP) is 2.43. The van der Waals surface area contributed by atoms with Crippen LogP contribution in [0.4, 0.5) is 0 Å². The number of halogens is 2. The summed E-state index contributed by atoms with van der Waals surface area (Å²) in [5, 5.41) is 21.8. The molecule has 0 aliphatic rings. The Balaban J connectivity index is 2.03. The third-order valence-corrected chi connectivity index (χ3v) is 3.31. The molecule has 2 rings (SSSR count). The summed E-state index contributed by atoms with van der Waals surface area (Å²) in [6.45, 7) is 4.50. The van der Waals surface area contributed by atoms with Crippen LogP contribution in [-0.4, -0.2) is 32.2 Å². The summed E-state index contributed by atoms with van der Waals surface area (Å²) in [7, 11) is 0.